The standard InChI is InChI=1S/C15H20O3/c1-4-11(10-14(16)5-2)12-6-8-13(9-7-12)15(17)18-3/h6-9,11H,4-5,10H2,1-3H3/t11-/m0/s1. The molecule has 0 fully saturated rings. The van der Waals surface area contributed by atoms with Crippen molar-refractivity contribution in [1.29, 1.82) is 0 Å². The summed E-state index contributed by atoms with van der Waals surface area (Å²) in [6.07, 6.45) is 2.07. The van der Waals surface area contributed by atoms with Gasteiger partial charge in [-0.25, -0.2) is 4.79 Å². The van der Waals surface area contributed by atoms with E-state index in [1.54, 1.807) is 12.1 Å². The van der Waals surface area contributed by atoms with Gasteiger partial charge in [-0.1, -0.05) is 26.0 Å². The Morgan fingerprint density at radius 2 is 1.78 bits per heavy atom. The first kappa shape index (κ1) is 14.4. The average Bonchev–Trinajstić information content (AvgIpc) is 2.43. The fraction of sp³-hybridized carbons (Fsp3) is 0.467. The Morgan fingerprint density at radius 1 is 1.17 bits per heavy atom. The summed E-state index contributed by atoms with van der Waals surface area (Å²) in [7, 11) is 1.37. The molecular weight excluding hydrogens is 228 g/mol. The topological polar surface area (TPSA) is 43.4 Å². The Morgan fingerprint density at radius 3 is 2.22 bits per heavy atom. The van der Waals surface area contributed by atoms with E-state index in [0.29, 0.717) is 18.4 Å². The van der Waals surface area contributed by atoms with Crippen LogP contribution >= 0.6 is 0 Å². The molecule has 0 aliphatic heterocycles. The van der Waals surface area contributed by atoms with Gasteiger partial charge in [0.1, 0.15) is 5.78 Å². The van der Waals surface area contributed by atoms with Crippen LogP contribution < -0.4 is 0 Å². The molecule has 98 valence electrons. The molecule has 0 aliphatic rings. The Labute approximate surface area is 108 Å². The van der Waals surface area contributed by atoms with Crippen molar-refractivity contribution in [2.75, 3.05) is 7.11 Å². The van der Waals surface area contributed by atoms with Crippen LogP contribution in [-0.2, 0) is 9.53 Å². The quantitative estimate of drug-likeness (QED) is 0.725. The maximum atomic E-state index is 11.5. The minimum atomic E-state index is -0.334. The van der Waals surface area contributed by atoms with E-state index in [1.807, 2.05) is 19.1 Å². The molecule has 0 unspecified atom stereocenters. The highest BCUT2D eigenvalue weighted by Gasteiger charge is 2.14. The van der Waals surface area contributed by atoms with E-state index < -0.39 is 0 Å². The molecule has 0 N–H and O–H groups in total. The number of rotatable bonds is 6. The van der Waals surface area contributed by atoms with Gasteiger partial charge >= 0.3 is 5.97 Å². The maximum absolute atomic E-state index is 11.5. The highest BCUT2D eigenvalue weighted by Crippen LogP contribution is 2.24. The Hall–Kier alpha value is -1.64. The van der Waals surface area contributed by atoms with E-state index in [-0.39, 0.29) is 17.7 Å². The van der Waals surface area contributed by atoms with Gasteiger partial charge in [-0.15, -0.1) is 0 Å². The minimum absolute atomic E-state index is 0.240. The first-order chi connectivity index (χ1) is 8.62. The highest BCUT2D eigenvalue weighted by molar-refractivity contribution is 5.89. The van der Waals surface area contributed by atoms with Crippen LogP contribution in [0.25, 0.3) is 0 Å². The zero-order valence-corrected chi connectivity index (χ0v) is 11.2. The third-order valence-corrected chi connectivity index (χ3v) is 3.16. The van der Waals surface area contributed by atoms with E-state index in [1.165, 1.54) is 7.11 Å². The smallest absolute Gasteiger partial charge is 0.337 e. The summed E-state index contributed by atoms with van der Waals surface area (Å²) >= 11 is 0. The van der Waals surface area contributed by atoms with Crippen LogP contribution in [-0.4, -0.2) is 18.9 Å². The molecule has 0 amide bonds. The van der Waals surface area contributed by atoms with E-state index in [9.17, 15) is 9.59 Å². The number of carbonyl (C=O) groups is 2. The number of esters is 1. The predicted molar refractivity (Wildman–Crippen MR) is 70.7 cm³/mol. The van der Waals surface area contributed by atoms with Crippen molar-refractivity contribution < 1.29 is 14.3 Å². The summed E-state index contributed by atoms with van der Waals surface area (Å²) in [6, 6.07) is 7.31. The first-order valence-electron chi connectivity index (χ1n) is 6.32. The number of hydrogen-bond donors (Lipinski definition) is 0. The fourth-order valence-electron chi connectivity index (χ4n) is 1.93. The normalized spacial score (nSPS) is 11.9. The summed E-state index contributed by atoms with van der Waals surface area (Å²) in [5, 5.41) is 0. The van der Waals surface area contributed by atoms with Crippen molar-refractivity contribution in [3.05, 3.63) is 35.4 Å². The second-order valence-electron chi connectivity index (χ2n) is 4.32. The van der Waals surface area contributed by atoms with E-state index in [4.69, 9.17) is 0 Å². The Balaban J connectivity index is 2.81. The van der Waals surface area contributed by atoms with Crippen LogP contribution in [0.5, 0.6) is 0 Å². The van der Waals surface area contributed by atoms with E-state index >= 15 is 0 Å². The molecule has 0 bridgehead atoms. The Kier molecular flexibility index (Phi) is 5.56. The van der Waals surface area contributed by atoms with Gasteiger partial charge in [-0.3, -0.25) is 4.79 Å². The molecule has 3 nitrogen and oxygen atoms in total. The third kappa shape index (κ3) is 3.69. The predicted octanol–water partition coefficient (Wildman–Crippen LogP) is 3.34. The number of carbonyl (C=O) groups excluding carboxylic acids is 2. The molecule has 1 aromatic carbocycles. The largest absolute Gasteiger partial charge is 0.465 e. The lowest BCUT2D eigenvalue weighted by Gasteiger charge is -2.14. The van der Waals surface area contributed by atoms with Crippen molar-refractivity contribution in [3.8, 4) is 0 Å². The average molecular weight is 248 g/mol. The highest BCUT2D eigenvalue weighted by atomic mass is 16.5. The molecule has 0 aromatic heterocycles. The van der Waals surface area contributed by atoms with Crippen LogP contribution in [0, 0.1) is 0 Å². The maximum Gasteiger partial charge on any atom is 0.337 e. The summed E-state index contributed by atoms with van der Waals surface area (Å²) < 4.78 is 4.65. The molecular formula is C15H20O3. The summed E-state index contributed by atoms with van der Waals surface area (Å²) in [4.78, 5) is 22.8. The molecule has 0 heterocycles. The van der Waals surface area contributed by atoms with Gasteiger partial charge in [0, 0.05) is 12.8 Å². The fourth-order valence-corrected chi connectivity index (χ4v) is 1.93. The van der Waals surface area contributed by atoms with Gasteiger partial charge in [-0.2, -0.15) is 0 Å². The molecule has 0 aliphatic carbocycles. The van der Waals surface area contributed by atoms with Crippen LogP contribution in [0.4, 0.5) is 0 Å². The van der Waals surface area contributed by atoms with Gasteiger partial charge < -0.3 is 4.74 Å². The van der Waals surface area contributed by atoms with Gasteiger partial charge in [0.15, 0.2) is 0 Å². The first-order valence-corrected chi connectivity index (χ1v) is 6.32. The van der Waals surface area contributed by atoms with Gasteiger partial charge in [0.2, 0.25) is 0 Å². The van der Waals surface area contributed by atoms with Gasteiger partial charge in [0.25, 0.3) is 0 Å². The van der Waals surface area contributed by atoms with Crippen LogP contribution in [0.2, 0.25) is 0 Å². The van der Waals surface area contributed by atoms with Gasteiger partial charge in [-0.05, 0) is 30.0 Å². The zero-order chi connectivity index (χ0) is 13.5. The minimum Gasteiger partial charge on any atom is -0.465 e. The lowest BCUT2D eigenvalue weighted by Crippen LogP contribution is -2.06. The van der Waals surface area contributed by atoms with Crippen LogP contribution in [0.15, 0.2) is 24.3 Å². The molecule has 1 rings (SSSR count). The van der Waals surface area contributed by atoms with Crippen molar-refractivity contribution in [2.24, 2.45) is 0 Å². The second-order valence-corrected chi connectivity index (χ2v) is 4.32. The van der Waals surface area contributed by atoms with E-state index in [2.05, 4.69) is 11.7 Å². The van der Waals surface area contributed by atoms with Crippen LogP contribution in [0.1, 0.15) is 54.9 Å². The molecule has 0 spiro atoms. The van der Waals surface area contributed by atoms with Crippen LogP contribution in [0.3, 0.4) is 0 Å². The van der Waals surface area contributed by atoms with E-state index in [0.717, 1.165) is 12.0 Å². The SMILES string of the molecule is CCC(=O)C[C@H](CC)c1ccc(C(=O)OC)cc1. The van der Waals surface area contributed by atoms with Crippen molar-refractivity contribution in [2.45, 2.75) is 39.0 Å². The number of ketones is 1. The molecule has 18 heavy (non-hydrogen) atoms. The molecule has 1 aromatic rings. The number of benzene rings is 1. The van der Waals surface area contributed by atoms with Crippen molar-refractivity contribution in [3.63, 3.8) is 0 Å². The van der Waals surface area contributed by atoms with Crippen molar-refractivity contribution >= 4 is 11.8 Å². The summed E-state index contributed by atoms with van der Waals surface area (Å²) in [6.45, 7) is 3.96. The number of Topliss-reactive ketones (excluding diaryl/α,β-unsaturated/α-hetero) is 1. The molecule has 0 saturated heterocycles. The number of hydrogen-bond acceptors (Lipinski definition) is 3. The molecule has 3 heteroatoms. The lowest BCUT2D eigenvalue weighted by atomic mass is 9.90. The number of methoxy groups -OCH3 is 1. The lowest BCUT2D eigenvalue weighted by molar-refractivity contribution is -0.119. The molecule has 1 atom stereocenters. The molecule has 0 saturated carbocycles. The summed E-state index contributed by atoms with van der Waals surface area (Å²) in [5.74, 6) is 0.183. The van der Waals surface area contributed by atoms with Gasteiger partial charge in [0.05, 0.1) is 12.7 Å². The second kappa shape index (κ2) is 6.94. The monoisotopic (exact) mass is 248 g/mol. The summed E-state index contributed by atoms with van der Waals surface area (Å²) in [5.41, 5.74) is 1.64. The third-order valence-electron chi connectivity index (χ3n) is 3.16. The molecule has 0 radical (unpaired) electrons. The zero-order valence-electron chi connectivity index (χ0n) is 11.2. The number of ether oxygens (including phenoxy) is 1. The van der Waals surface area contributed by atoms with Crippen molar-refractivity contribution in [1.82, 2.24) is 0 Å². The Bertz CT molecular complexity index is 406.